The van der Waals surface area contributed by atoms with Crippen molar-refractivity contribution < 1.29 is 9.47 Å². The number of ether oxygens (including phenoxy) is 2. The largest absolute Gasteiger partial charge is 0.353 e. The predicted molar refractivity (Wildman–Crippen MR) is 68.3 cm³/mol. The van der Waals surface area contributed by atoms with E-state index in [4.69, 9.17) is 15.9 Å². The molecule has 2 heteroatoms. The maximum absolute atomic E-state index is 5.92. The van der Waals surface area contributed by atoms with Crippen molar-refractivity contribution in [3.05, 3.63) is 23.8 Å². The first-order valence-corrected chi connectivity index (χ1v) is 6.33. The second-order valence-corrected chi connectivity index (χ2v) is 4.79. The van der Waals surface area contributed by atoms with Crippen LogP contribution in [0.1, 0.15) is 32.6 Å². The van der Waals surface area contributed by atoms with E-state index in [0.717, 1.165) is 37.0 Å². The van der Waals surface area contributed by atoms with Gasteiger partial charge in [-0.3, -0.25) is 0 Å². The van der Waals surface area contributed by atoms with Crippen LogP contribution in [0, 0.1) is 18.3 Å². The van der Waals surface area contributed by atoms with E-state index >= 15 is 0 Å². The molecule has 0 amide bonds. The Bertz CT molecular complexity index is 356. The highest BCUT2D eigenvalue weighted by atomic mass is 16.7. The molecule has 0 radical (unpaired) electrons. The summed E-state index contributed by atoms with van der Waals surface area (Å²) in [5.74, 6) is 2.87. The van der Waals surface area contributed by atoms with Crippen molar-refractivity contribution in [1.82, 2.24) is 0 Å². The Kier molecular flexibility index (Phi) is 4.04. The lowest BCUT2D eigenvalue weighted by Crippen LogP contribution is -2.26. The Morgan fingerprint density at radius 2 is 2.41 bits per heavy atom. The summed E-state index contributed by atoms with van der Waals surface area (Å²) in [4.78, 5) is 0. The average molecular weight is 232 g/mol. The van der Waals surface area contributed by atoms with Gasteiger partial charge in [0.05, 0.1) is 6.10 Å². The van der Waals surface area contributed by atoms with Crippen molar-refractivity contribution in [2.75, 3.05) is 6.61 Å². The van der Waals surface area contributed by atoms with E-state index in [-0.39, 0.29) is 18.3 Å². The lowest BCUT2D eigenvalue weighted by atomic mass is 9.98. The third-order valence-corrected chi connectivity index (χ3v) is 3.40. The van der Waals surface area contributed by atoms with Gasteiger partial charge in [0.25, 0.3) is 0 Å². The Labute approximate surface area is 104 Å². The molecular weight excluding hydrogens is 212 g/mol. The zero-order valence-corrected chi connectivity index (χ0v) is 10.4. The van der Waals surface area contributed by atoms with E-state index < -0.39 is 0 Å². The summed E-state index contributed by atoms with van der Waals surface area (Å²) in [6, 6.07) is 0. The van der Waals surface area contributed by atoms with Crippen LogP contribution in [-0.4, -0.2) is 19.0 Å². The first-order chi connectivity index (χ1) is 8.20. The van der Waals surface area contributed by atoms with Crippen molar-refractivity contribution in [3.8, 4) is 12.3 Å². The first kappa shape index (κ1) is 12.4. The summed E-state index contributed by atoms with van der Waals surface area (Å²) in [6.45, 7) is 6.90. The molecule has 0 aromatic carbocycles. The predicted octanol–water partition coefficient (Wildman–Crippen LogP) is 3.05. The molecule has 0 aromatic rings. The topological polar surface area (TPSA) is 18.5 Å². The van der Waals surface area contributed by atoms with Gasteiger partial charge in [-0.25, -0.2) is 0 Å². The van der Waals surface area contributed by atoms with Crippen LogP contribution in [0.2, 0.25) is 0 Å². The molecule has 0 aromatic heterocycles. The zero-order valence-electron chi connectivity index (χ0n) is 10.4. The number of hydrogen-bond acceptors (Lipinski definition) is 2. The Morgan fingerprint density at radius 1 is 1.59 bits per heavy atom. The summed E-state index contributed by atoms with van der Waals surface area (Å²) in [7, 11) is 0. The number of terminal acetylenes is 1. The van der Waals surface area contributed by atoms with Crippen molar-refractivity contribution in [2.45, 2.75) is 45.0 Å². The van der Waals surface area contributed by atoms with Crippen LogP contribution in [0.4, 0.5) is 0 Å². The van der Waals surface area contributed by atoms with Gasteiger partial charge in [-0.05, 0) is 37.3 Å². The molecule has 3 atom stereocenters. The lowest BCUT2D eigenvalue weighted by Gasteiger charge is -2.25. The molecule has 1 aliphatic heterocycles. The van der Waals surface area contributed by atoms with Gasteiger partial charge in [0.2, 0.25) is 0 Å². The molecule has 0 bridgehead atoms. The van der Waals surface area contributed by atoms with Gasteiger partial charge in [-0.2, -0.15) is 0 Å². The molecule has 1 fully saturated rings. The second-order valence-electron chi connectivity index (χ2n) is 4.79. The van der Waals surface area contributed by atoms with Gasteiger partial charge < -0.3 is 9.47 Å². The van der Waals surface area contributed by atoms with Crippen LogP contribution in [0.5, 0.6) is 0 Å². The highest BCUT2D eigenvalue weighted by molar-refractivity contribution is 5.40. The molecule has 0 spiro atoms. The number of rotatable bonds is 3. The maximum atomic E-state index is 5.92. The number of hydrogen-bond donors (Lipinski definition) is 0. The summed E-state index contributed by atoms with van der Waals surface area (Å²) >= 11 is 0. The average Bonchev–Trinajstić information content (AvgIpc) is 2.70. The van der Waals surface area contributed by atoms with Crippen LogP contribution in [-0.2, 0) is 9.47 Å². The SMILES string of the molecule is C#CC(C)C1=CC(OC2CCCCO2)CC1=C. The van der Waals surface area contributed by atoms with E-state index in [1.165, 1.54) is 6.42 Å². The highest BCUT2D eigenvalue weighted by Gasteiger charge is 2.26. The molecule has 2 aliphatic rings. The van der Waals surface area contributed by atoms with Crippen molar-refractivity contribution in [2.24, 2.45) is 5.92 Å². The van der Waals surface area contributed by atoms with Crippen molar-refractivity contribution >= 4 is 0 Å². The Morgan fingerprint density at radius 3 is 3.06 bits per heavy atom. The lowest BCUT2D eigenvalue weighted by molar-refractivity contribution is -0.177. The van der Waals surface area contributed by atoms with Crippen LogP contribution in [0.25, 0.3) is 0 Å². The smallest absolute Gasteiger partial charge is 0.158 e. The fourth-order valence-corrected chi connectivity index (χ4v) is 2.38. The molecular formula is C15H20O2. The van der Waals surface area contributed by atoms with E-state index in [9.17, 15) is 0 Å². The summed E-state index contributed by atoms with van der Waals surface area (Å²) in [5.41, 5.74) is 2.27. The van der Waals surface area contributed by atoms with Crippen molar-refractivity contribution in [1.29, 1.82) is 0 Å². The first-order valence-electron chi connectivity index (χ1n) is 6.33. The summed E-state index contributed by atoms with van der Waals surface area (Å²) < 4.78 is 11.5. The Balaban J connectivity index is 1.93. The van der Waals surface area contributed by atoms with Gasteiger partial charge in [0.1, 0.15) is 0 Å². The number of allylic oxidation sites excluding steroid dienone is 1. The molecule has 1 heterocycles. The van der Waals surface area contributed by atoms with E-state index in [0.29, 0.717) is 0 Å². The van der Waals surface area contributed by atoms with Gasteiger partial charge in [-0.15, -0.1) is 6.42 Å². The summed E-state index contributed by atoms with van der Waals surface area (Å²) in [6.07, 6.45) is 11.8. The van der Waals surface area contributed by atoms with E-state index in [1.54, 1.807) is 0 Å². The minimum atomic E-state index is -0.0432. The minimum Gasteiger partial charge on any atom is -0.353 e. The van der Waals surface area contributed by atoms with Crippen LogP contribution in [0.3, 0.4) is 0 Å². The van der Waals surface area contributed by atoms with Gasteiger partial charge in [0.15, 0.2) is 6.29 Å². The molecule has 92 valence electrons. The van der Waals surface area contributed by atoms with Crippen molar-refractivity contribution in [3.63, 3.8) is 0 Å². The molecule has 3 unspecified atom stereocenters. The fourth-order valence-electron chi connectivity index (χ4n) is 2.38. The van der Waals surface area contributed by atoms with Gasteiger partial charge >= 0.3 is 0 Å². The van der Waals surface area contributed by atoms with Crippen LogP contribution in [0.15, 0.2) is 23.8 Å². The second kappa shape index (κ2) is 5.53. The molecule has 17 heavy (non-hydrogen) atoms. The molecule has 0 saturated carbocycles. The molecule has 2 rings (SSSR count). The Hall–Kier alpha value is -1.04. The monoisotopic (exact) mass is 232 g/mol. The molecule has 1 saturated heterocycles. The third-order valence-electron chi connectivity index (χ3n) is 3.40. The summed E-state index contributed by atoms with van der Waals surface area (Å²) in [5, 5.41) is 0. The van der Waals surface area contributed by atoms with E-state index in [2.05, 4.69) is 18.6 Å². The zero-order chi connectivity index (χ0) is 12.3. The molecule has 2 nitrogen and oxygen atoms in total. The fraction of sp³-hybridized carbons (Fsp3) is 0.600. The van der Waals surface area contributed by atoms with Gasteiger partial charge in [-0.1, -0.05) is 18.6 Å². The standard InChI is InChI=1S/C15H20O2/c1-4-11(2)14-10-13(9-12(14)3)17-15-7-5-6-8-16-15/h1,10-11,13,15H,3,5-9H2,2H3. The quantitative estimate of drug-likeness (QED) is 0.696. The normalized spacial score (nSPS) is 30.8. The van der Waals surface area contributed by atoms with E-state index in [1.807, 2.05) is 6.92 Å². The van der Waals surface area contributed by atoms with Crippen LogP contribution < -0.4 is 0 Å². The minimum absolute atomic E-state index is 0.0432. The third kappa shape index (κ3) is 3.00. The maximum Gasteiger partial charge on any atom is 0.158 e. The molecule has 0 N–H and O–H groups in total. The van der Waals surface area contributed by atoms with Gasteiger partial charge in [0, 0.05) is 18.9 Å². The highest BCUT2D eigenvalue weighted by Crippen LogP contribution is 2.32. The van der Waals surface area contributed by atoms with Crippen LogP contribution >= 0.6 is 0 Å². The molecule has 1 aliphatic carbocycles.